The van der Waals surface area contributed by atoms with Crippen LogP contribution in [0.4, 0.5) is 0 Å². The van der Waals surface area contributed by atoms with Gasteiger partial charge < -0.3 is 32.3 Å². The van der Waals surface area contributed by atoms with Crippen molar-refractivity contribution in [2.75, 3.05) is 6.61 Å². The van der Waals surface area contributed by atoms with Crippen molar-refractivity contribution in [3.05, 3.63) is 0 Å². The molecule has 4 atom stereocenters. The fourth-order valence-electron chi connectivity index (χ4n) is 1.79. The zero-order valence-electron chi connectivity index (χ0n) is 13.8. The lowest BCUT2D eigenvalue weighted by Gasteiger charge is -2.23. The Morgan fingerprint density at radius 3 is 2.04 bits per heavy atom. The van der Waals surface area contributed by atoms with Crippen molar-refractivity contribution in [3.8, 4) is 0 Å². The van der Waals surface area contributed by atoms with Gasteiger partial charge in [0, 0.05) is 6.42 Å². The van der Waals surface area contributed by atoms with Crippen LogP contribution in [0.5, 0.6) is 0 Å². The summed E-state index contributed by atoms with van der Waals surface area (Å²) in [6.45, 7) is 2.89. The van der Waals surface area contributed by atoms with Crippen molar-refractivity contribution in [1.82, 2.24) is 10.6 Å². The van der Waals surface area contributed by atoms with Crippen molar-refractivity contribution >= 4 is 23.7 Å². The Hall–Kier alpha value is -2.20. The minimum Gasteiger partial charge on any atom is -0.480 e. The molecule has 138 valence electrons. The second-order valence-corrected chi connectivity index (χ2v) is 5.56. The lowest BCUT2D eigenvalue weighted by Crippen LogP contribution is -2.56. The van der Waals surface area contributed by atoms with Gasteiger partial charge in [0.1, 0.15) is 12.1 Å². The molecule has 0 rings (SSSR count). The van der Waals surface area contributed by atoms with Gasteiger partial charge in [-0.25, -0.2) is 4.79 Å². The predicted molar refractivity (Wildman–Crippen MR) is 84.4 cm³/mol. The lowest BCUT2D eigenvalue weighted by molar-refractivity contribution is -0.142. The summed E-state index contributed by atoms with van der Waals surface area (Å²) in [4.78, 5) is 45.8. The highest BCUT2D eigenvalue weighted by atomic mass is 16.4. The van der Waals surface area contributed by atoms with Crippen LogP contribution in [0.2, 0.25) is 0 Å². The van der Waals surface area contributed by atoms with E-state index in [0.29, 0.717) is 6.42 Å². The standard InChI is InChI=1S/C14H26N4O6/c1-3-7(2)11(16)13(22)18-9(6-19)12(21)17-8(14(23)24)4-5-10(15)20/h7-9,11,19H,3-6,16H2,1-2H3,(H2,15,20)(H,17,21)(H,18,22)(H,23,24)/t7-,8-,9-,11-/m0/s1. The highest BCUT2D eigenvalue weighted by Crippen LogP contribution is 2.05. The number of aliphatic carboxylic acids is 1. The third-order valence-electron chi connectivity index (χ3n) is 3.67. The van der Waals surface area contributed by atoms with Gasteiger partial charge in [-0.2, -0.15) is 0 Å². The van der Waals surface area contributed by atoms with E-state index in [9.17, 15) is 24.3 Å². The highest BCUT2D eigenvalue weighted by molar-refractivity contribution is 5.92. The van der Waals surface area contributed by atoms with E-state index in [2.05, 4.69) is 10.6 Å². The van der Waals surface area contributed by atoms with Crippen LogP contribution < -0.4 is 22.1 Å². The van der Waals surface area contributed by atoms with Gasteiger partial charge in [-0.05, 0) is 12.3 Å². The van der Waals surface area contributed by atoms with E-state index >= 15 is 0 Å². The molecule has 0 fully saturated rings. The Labute approximate surface area is 139 Å². The number of aliphatic hydroxyl groups excluding tert-OH is 1. The number of hydrogen-bond donors (Lipinski definition) is 6. The third-order valence-corrected chi connectivity index (χ3v) is 3.67. The molecule has 0 spiro atoms. The summed E-state index contributed by atoms with van der Waals surface area (Å²) in [7, 11) is 0. The maximum absolute atomic E-state index is 12.0. The van der Waals surface area contributed by atoms with Gasteiger partial charge in [-0.1, -0.05) is 20.3 Å². The second kappa shape index (κ2) is 10.6. The first kappa shape index (κ1) is 21.8. The summed E-state index contributed by atoms with van der Waals surface area (Å²) in [5, 5.41) is 22.7. The molecular weight excluding hydrogens is 320 g/mol. The fourth-order valence-corrected chi connectivity index (χ4v) is 1.79. The average molecular weight is 346 g/mol. The largest absolute Gasteiger partial charge is 0.480 e. The monoisotopic (exact) mass is 346 g/mol. The number of carbonyl (C=O) groups is 4. The molecule has 8 N–H and O–H groups in total. The number of nitrogens with one attached hydrogen (secondary N) is 2. The molecule has 0 bridgehead atoms. The molecule has 0 aliphatic rings. The SMILES string of the molecule is CC[C@H](C)[C@H](N)C(=O)N[C@@H](CO)C(=O)N[C@@H](CCC(N)=O)C(=O)O. The van der Waals surface area contributed by atoms with E-state index in [1.165, 1.54) is 0 Å². The summed E-state index contributed by atoms with van der Waals surface area (Å²) in [6.07, 6.45) is 0.222. The van der Waals surface area contributed by atoms with Gasteiger partial charge in [0.15, 0.2) is 0 Å². The van der Waals surface area contributed by atoms with Gasteiger partial charge in [0.25, 0.3) is 0 Å². The van der Waals surface area contributed by atoms with Gasteiger partial charge in [0.2, 0.25) is 17.7 Å². The molecule has 3 amide bonds. The Kier molecular flexibility index (Phi) is 9.58. The zero-order chi connectivity index (χ0) is 18.9. The molecular formula is C14H26N4O6. The molecule has 10 heteroatoms. The third kappa shape index (κ3) is 7.38. The van der Waals surface area contributed by atoms with Crippen LogP contribution in [0.15, 0.2) is 0 Å². The maximum Gasteiger partial charge on any atom is 0.326 e. The van der Waals surface area contributed by atoms with Crippen LogP contribution in [-0.2, 0) is 19.2 Å². The van der Waals surface area contributed by atoms with Crippen molar-refractivity contribution < 1.29 is 29.4 Å². The van der Waals surface area contributed by atoms with E-state index in [1.54, 1.807) is 6.92 Å². The molecule has 0 unspecified atom stereocenters. The van der Waals surface area contributed by atoms with Crippen molar-refractivity contribution in [2.45, 2.75) is 51.2 Å². The number of carboxylic acids is 1. The first-order valence-corrected chi connectivity index (χ1v) is 7.62. The quantitative estimate of drug-likeness (QED) is 0.242. The number of carboxylic acid groups (broad SMARTS) is 1. The van der Waals surface area contributed by atoms with Crippen LogP contribution in [-0.4, -0.2) is 58.6 Å². The average Bonchev–Trinajstić information content (AvgIpc) is 2.53. The Balaban J connectivity index is 4.79. The molecule has 0 saturated heterocycles. The number of aliphatic hydroxyl groups is 1. The molecule has 0 radical (unpaired) electrons. The smallest absolute Gasteiger partial charge is 0.326 e. The summed E-state index contributed by atoms with van der Waals surface area (Å²) in [5.41, 5.74) is 10.7. The predicted octanol–water partition coefficient (Wildman–Crippen LogP) is -2.33. The van der Waals surface area contributed by atoms with Crippen LogP contribution in [0.3, 0.4) is 0 Å². The molecule has 0 aliphatic heterocycles. The fraction of sp³-hybridized carbons (Fsp3) is 0.714. The minimum atomic E-state index is -1.36. The zero-order valence-corrected chi connectivity index (χ0v) is 13.8. The van der Waals surface area contributed by atoms with Crippen LogP contribution in [0.25, 0.3) is 0 Å². The summed E-state index contributed by atoms with van der Waals surface area (Å²) >= 11 is 0. The van der Waals surface area contributed by atoms with Crippen molar-refractivity contribution in [1.29, 1.82) is 0 Å². The number of amides is 3. The van der Waals surface area contributed by atoms with Gasteiger partial charge >= 0.3 is 5.97 Å². The number of hydrogen-bond acceptors (Lipinski definition) is 6. The molecule has 0 aromatic carbocycles. The van der Waals surface area contributed by atoms with E-state index in [4.69, 9.17) is 16.6 Å². The molecule has 0 aromatic rings. The number of nitrogens with two attached hydrogens (primary N) is 2. The van der Waals surface area contributed by atoms with E-state index < -0.39 is 48.4 Å². The Bertz CT molecular complexity index is 470. The second-order valence-electron chi connectivity index (χ2n) is 5.56. The summed E-state index contributed by atoms with van der Waals surface area (Å²) < 4.78 is 0. The number of rotatable bonds is 11. The topological polar surface area (TPSA) is 185 Å². The summed E-state index contributed by atoms with van der Waals surface area (Å²) in [6, 6.07) is -3.57. The van der Waals surface area contributed by atoms with Crippen LogP contribution in [0, 0.1) is 5.92 Å². The molecule has 0 aromatic heterocycles. The Morgan fingerprint density at radius 1 is 1.08 bits per heavy atom. The van der Waals surface area contributed by atoms with E-state index in [0.717, 1.165) is 0 Å². The molecule has 10 nitrogen and oxygen atoms in total. The van der Waals surface area contributed by atoms with Crippen molar-refractivity contribution in [2.24, 2.45) is 17.4 Å². The normalized spacial score (nSPS) is 15.7. The van der Waals surface area contributed by atoms with E-state index in [-0.39, 0.29) is 18.8 Å². The summed E-state index contributed by atoms with van der Waals surface area (Å²) in [5.74, 6) is -3.71. The number of primary amides is 1. The highest BCUT2D eigenvalue weighted by Gasteiger charge is 2.28. The van der Waals surface area contributed by atoms with Gasteiger partial charge in [-0.15, -0.1) is 0 Å². The molecule has 24 heavy (non-hydrogen) atoms. The Morgan fingerprint density at radius 2 is 1.62 bits per heavy atom. The van der Waals surface area contributed by atoms with Crippen LogP contribution >= 0.6 is 0 Å². The first-order chi connectivity index (χ1) is 11.1. The lowest BCUT2D eigenvalue weighted by atomic mass is 9.99. The minimum absolute atomic E-state index is 0.130. The van der Waals surface area contributed by atoms with E-state index in [1.807, 2.05) is 6.92 Å². The van der Waals surface area contributed by atoms with Crippen LogP contribution in [0.1, 0.15) is 33.1 Å². The molecule has 0 heterocycles. The van der Waals surface area contributed by atoms with Crippen molar-refractivity contribution in [3.63, 3.8) is 0 Å². The molecule has 0 aliphatic carbocycles. The van der Waals surface area contributed by atoms with Gasteiger partial charge in [-0.3, -0.25) is 14.4 Å². The number of carbonyl (C=O) groups excluding carboxylic acids is 3. The maximum atomic E-state index is 12.0. The molecule has 0 saturated carbocycles. The van der Waals surface area contributed by atoms with Gasteiger partial charge in [0.05, 0.1) is 12.6 Å². The first-order valence-electron chi connectivity index (χ1n) is 7.62.